The summed E-state index contributed by atoms with van der Waals surface area (Å²) in [6, 6.07) is 4.67. The maximum Gasteiger partial charge on any atom is 0.305 e. The van der Waals surface area contributed by atoms with Gasteiger partial charge >= 0.3 is 5.97 Å². The second-order valence-electron chi connectivity index (χ2n) is 7.34. The highest BCUT2D eigenvalue weighted by Crippen LogP contribution is 2.32. The van der Waals surface area contributed by atoms with Crippen molar-refractivity contribution in [2.24, 2.45) is 13.0 Å². The summed E-state index contributed by atoms with van der Waals surface area (Å²) in [7, 11) is 3.55. The quantitative estimate of drug-likeness (QED) is 0.444. The van der Waals surface area contributed by atoms with E-state index in [2.05, 4.69) is 51.8 Å². The number of rotatable bonds is 7. The molecular formula is C20H33N3O2S. The average molecular weight is 380 g/mol. The Morgan fingerprint density at radius 2 is 2.12 bits per heavy atom. The molecule has 0 aliphatic carbocycles. The predicted molar refractivity (Wildman–Crippen MR) is 109 cm³/mol. The highest BCUT2D eigenvalue weighted by molar-refractivity contribution is 7.80. The number of likely N-dealkylation sites (tertiary alicyclic amines) is 1. The van der Waals surface area contributed by atoms with Crippen LogP contribution in [-0.2, 0) is 16.6 Å². The highest BCUT2D eigenvalue weighted by atomic mass is 32.1. The first-order chi connectivity index (χ1) is 12.5. The minimum absolute atomic E-state index is 0.127. The third kappa shape index (κ3) is 6.01. The van der Waals surface area contributed by atoms with Gasteiger partial charge in [-0.05, 0) is 62.4 Å². The van der Waals surface area contributed by atoms with E-state index >= 15 is 0 Å². The maximum absolute atomic E-state index is 11.1. The van der Waals surface area contributed by atoms with Crippen molar-refractivity contribution in [3.05, 3.63) is 24.0 Å². The van der Waals surface area contributed by atoms with E-state index in [1.807, 2.05) is 0 Å². The van der Waals surface area contributed by atoms with Crippen LogP contribution in [0.3, 0.4) is 0 Å². The van der Waals surface area contributed by atoms with Crippen LogP contribution < -0.4 is 5.32 Å². The molecule has 2 rings (SSSR count). The van der Waals surface area contributed by atoms with Crippen LogP contribution >= 0.6 is 12.2 Å². The van der Waals surface area contributed by atoms with E-state index in [1.165, 1.54) is 25.6 Å². The summed E-state index contributed by atoms with van der Waals surface area (Å²) < 4.78 is 6.88. The number of thiocarbonyl (C=S) groups is 1. The van der Waals surface area contributed by atoms with Gasteiger partial charge in [0, 0.05) is 38.4 Å². The number of carbonyl (C=O) groups is 1. The van der Waals surface area contributed by atoms with E-state index in [-0.39, 0.29) is 5.97 Å². The summed E-state index contributed by atoms with van der Waals surface area (Å²) in [5.74, 6) is 0.612. The lowest BCUT2D eigenvalue weighted by Crippen LogP contribution is -2.42. The number of methoxy groups -OCH3 is 1. The minimum Gasteiger partial charge on any atom is -0.469 e. The molecule has 0 spiro atoms. The lowest BCUT2D eigenvalue weighted by Gasteiger charge is -2.33. The van der Waals surface area contributed by atoms with E-state index < -0.39 is 0 Å². The number of hydrogen-bond acceptors (Lipinski definition) is 3. The number of nitrogens with zero attached hydrogens (tertiary/aromatic N) is 2. The van der Waals surface area contributed by atoms with Crippen molar-refractivity contribution in [2.45, 2.75) is 57.9 Å². The molecular weight excluding hydrogens is 346 g/mol. The molecule has 0 unspecified atom stereocenters. The molecule has 146 valence electrons. The molecule has 1 aliphatic rings. The van der Waals surface area contributed by atoms with Gasteiger partial charge in [-0.3, -0.25) is 4.79 Å². The largest absolute Gasteiger partial charge is 0.469 e. The number of nitrogens with one attached hydrogen (secondary N) is 1. The lowest BCUT2D eigenvalue weighted by atomic mass is 10.0. The van der Waals surface area contributed by atoms with Gasteiger partial charge < -0.3 is 19.5 Å². The average Bonchev–Trinajstić information content (AvgIpc) is 2.95. The summed E-state index contributed by atoms with van der Waals surface area (Å²) in [4.78, 5) is 13.5. The van der Waals surface area contributed by atoms with Gasteiger partial charge in [0.25, 0.3) is 0 Å². The molecule has 2 atom stereocenters. The number of aromatic nitrogens is 1. The Hall–Kier alpha value is -1.56. The first-order valence-corrected chi connectivity index (χ1v) is 10.2. The molecule has 0 radical (unpaired) electrons. The van der Waals surface area contributed by atoms with Crippen molar-refractivity contribution in [3.63, 3.8) is 0 Å². The summed E-state index contributed by atoms with van der Waals surface area (Å²) in [6.45, 7) is 4.19. The second kappa shape index (κ2) is 10.6. The number of esters is 1. The van der Waals surface area contributed by atoms with E-state index in [9.17, 15) is 4.79 Å². The molecule has 0 amide bonds. The van der Waals surface area contributed by atoms with Gasteiger partial charge in [0.05, 0.1) is 13.2 Å². The minimum atomic E-state index is -0.127. The second-order valence-corrected chi connectivity index (χ2v) is 7.73. The fourth-order valence-electron chi connectivity index (χ4n) is 3.60. The van der Waals surface area contributed by atoms with Gasteiger partial charge in [-0.25, -0.2) is 0 Å². The van der Waals surface area contributed by atoms with E-state index in [4.69, 9.17) is 12.2 Å². The Labute approximate surface area is 163 Å². The van der Waals surface area contributed by atoms with E-state index in [0.29, 0.717) is 12.5 Å². The SMILES string of the molecule is COC(=O)CCCCCNC(=S)N1CC[C@@H](C)CC[C@@H]1c1cccn1C. The Morgan fingerprint density at radius 1 is 1.31 bits per heavy atom. The van der Waals surface area contributed by atoms with Gasteiger partial charge in [-0.2, -0.15) is 0 Å². The van der Waals surface area contributed by atoms with Crippen LogP contribution in [-0.4, -0.2) is 40.7 Å². The smallest absolute Gasteiger partial charge is 0.305 e. The molecule has 0 saturated carbocycles. The van der Waals surface area contributed by atoms with Gasteiger partial charge in [0.1, 0.15) is 0 Å². The van der Waals surface area contributed by atoms with Gasteiger partial charge in [0.2, 0.25) is 0 Å². The zero-order valence-corrected chi connectivity index (χ0v) is 17.2. The maximum atomic E-state index is 11.1. The summed E-state index contributed by atoms with van der Waals surface area (Å²) in [5, 5.41) is 4.30. The van der Waals surface area contributed by atoms with Crippen LogP contribution in [0.15, 0.2) is 18.3 Å². The highest BCUT2D eigenvalue weighted by Gasteiger charge is 2.28. The number of ether oxygens (including phenoxy) is 1. The molecule has 1 N–H and O–H groups in total. The standard InChI is InChI=1S/C20H33N3O2S/c1-16-10-11-18(17-8-7-14-22(17)2)23(15-12-16)20(26)21-13-6-4-5-9-19(24)25-3/h7-8,14,16,18H,4-6,9-13,15H2,1-3H3,(H,21,26)/t16-,18+/m0/s1. The zero-order valence-electron chi connectivity index (χ0n) is 16.4. The molecule has 6 heteroatoms. The van der Waals surface area contributed by atoms with Crippen molar-refractivity contribution in [3.8, 4) is 0 Å². The first kappa shape index (κ1) is 20.7. The number of carbonyl (C=O) groups excluding carboxylic acids is 1. The fourth-order valence-corrected chi connectivity index (χ4v) is 3.92. The number of aryl methyl sites for hydroxylation is 1. The number of hydrogen-bond donors (Lipinski definition) is 1. The molecule has 1 fully saturated rings. The molecule has 1 saturated heterocycles. The van der Waals surface area contributed by atoms with Crippen LogP contribution in [0.5, 0.6) is 0 Å². The van der Waals surface area contributed by atoms with Crippen molar-refractivity contribution >= 4 is 23.3 Å². The molecule has 0 bridgehead atoms. The third-order valence-electron chi connectivity index (χ3n) is 5.32. The Kier molecular flexibility index (Phi) is 8.42. The summed E-state index contributed by atoms with van der Waals surface area (Å²) in [5.41, 5.74) is 1.33. The molecule has 26 heavy (non-hydrogen) atoms. The van der Waals surface area contributed by atoms with Gasteiger partial charge in [-0.15, -0.1) is 0 Å². The van der Waals surface area contributed by atoms with E-state index in [0.717, 1.165) is 49.8 Å². The monoisotopic (exact) mass is 379 g/mol. The van der Waals surface area contributed by atoms with Gasteiger partial charge in [0.15, 0.2) is 5.11 Å². The van der Waals surface area contributed by atoms with Crippen molar-refractivity contribution in [1.82, 2.24) is 14.8 Å². The molecule has 1 aliphatic heterocycles. The van der Waals surface area contributed by atoms with Crippen LogP contribution in [0.4, 0.5) is 0 Å². The lowest BCUT2D eigenvalue weighted by molar-refractivity contribution is -0.140. The van der Waals surface area contributed by atoms with Crippen molar-refractivity contribution < 1.29 is 9.53 Å². The van der Waals surface area contributed by atoms with Crippen LogP contribution in [0.25, 0.3) is 0 Å². The summed E-state index contributed by atoms with van der Waals surface area (Å²) >= 11 is 5.74. The van der Waals surface area contributed by atoms with Crippen LogP contribution in [0, 0.1) is 5.92 Å². The molecule has 5 nitrogen and oxygen atoms in total. The van der Waals surface area contributed by atoms with E-state index in [1.54, 1.807) is 0 Å². The predicted octanol–water partition coefficient (Wildman–Crippen LogP) is 3.80. The summed E-state index contributed by atoms with van der Waals surface area (Å²) in [6.07, 6.45) is 9.05. The fraction of sp³-hybridized carbons (Fsp3) is 0.700. The molecule has 2 heterocycles. The van der Waals surface area contributed by atoms with Gasteiger partial charge in [-0.1, -0.05) is 13.3 Å². The van der Waals surface area contributed by atoms with Crippen molar-refractivity contribution in [2.75, 3.05) is 20.2 Å². The molecule has 1 aromatic rings. The Balaban J connectivity index is 1.85. The third-order valence-corrected chi connectivity index (χ3v) is 5.70. The Morgan fingerprint density at radius 3 is 2.81 bits per heavy atom. The molecule has 0 aromatic carbocycles. The van der Waals surface area contributed by atoms with Crippen molar-refractivity contribution in [1.29, 1.82) is 0 Å². The molecule has 1 aromatic heterocycles. The normalized spacial score (nSPS) is 20.5. The Bertz CT molecular complexity index is 587. The zero-order chi connectivity index (χ0) is 18.9. The first-order valence-electron chi connectivity index (χ1n) is 9.75. The van der Waals surface area contributed by atoms with Crippen LogP contribution in [0.2, 0.25) is 0 Å². The van der Waals surface area contributed by atoms with Crippen LogP contribution in [0.1, 0.15) is 63.6 Å². The topological polar surface area (TPSA) is 46.5 Å². The number of unbranched alkanes of at least 4 members (excludes halogenated alkanes) is 2.